The summed E-state index contributed by atoms with van der Waals surface area (Å²) in [6, 6.07) is 4.50. The van der Waals surface area contributed by atoms with E-state index in [1.807, 2.05) is 18.4 Å². The highest BCUT2D eigenvalue weighted by molar-refractivity contribution is 7.12. The van der Waals surface area contributed by atoms with Crippen molar-refractivity contribution in [1.29, 1.82) is 5.26 Å². The maximum atomic E-state index is 12.0. The lowest BCUT2D eigenvalue weighted by molar-refractivity contribution is 0.0925. The zero-order valence-corrected chi connectivity index (χ0v) is 11.4. The first kappa shape index (κ1) is 13.1. The van der Waals surface area contributed by atoms with Crippen molar-refractivity contribution in [3.8, 4) is 6.07 Å². The van der Waals surface area contributed by atoms with E-state index in [1.165, 1.54) is 11.3 Å². The van der Waals surface area contributed by atoms with Gasteiger partial charge in [0, 0.05) is 12.5 Å². The molecule has 1 saturated carbocycles. The van der Waals surface area contributed by atoms with E-state index in [-0.39, 0.29) is 11.9 Å². The number of nitriles is 1. The SMILES string of the molecule is Cc1ccsc1C(=O)NC1CCC(CC#N)CC1. The minimum atomic E-state index is 0.0613. The van der Waals surface area contributed by atoms with Crippen LogP contribution in [0.5, 0.6) is 0 Å². The number of aryl methyl sites for hydroxylation is 1. The van der Waals surface area contributed by atoms with Crippen LogP contribution in [0.3, 0.4) is 0 Å². The zero-order chi connectivity index (χ0) is 13.0. The van der Waals surface area contributed by atoms with Crippen LogP contribution >= 0.6 is 11.3 Å². The van der Waals surface area contributed by atoms with E-state index in [9.17, 15) is 4.79 Å². The average molecular weight is 262 g/mol. The molecule has 1 N–H and O–H groups in total. The molecule has 0 aromatic carbocycles. The number of nitrogens with zero attached hydrogens (tertiary/aromatic N) is 1. The zero-order valence-electron chi connectivity index (χ0n) is 10.6. The largest absolute Gasteiger partial charge is 0.349 e. The Morgan fingerprint density at radius 1 is 1.50 bits per heavy atom. The van der Waals surface area contributed by atoms with Gasteiger partial charge in [0.05, 0.1) is 10.9 Å². The lowest BCUT2D eigenvalue weighted by atomic mass is 9.84. The van der Waals surface area contributed by atoms with Gasteiger partial charge in [-0.2, -0.15) is 5.26 Å². The molecule has 1 aromatic heterocycles. The summed E-state index contributed by atoms with van der Waals surface area (Å²) in [5, 5.41) is 13.7. The molecule has 1 aromatic rings. The van der Waals surface area contributed by atoms with Crippen molar-refractivity contribution in [1.82, 2.24) is 5.32 Å². The fourth-order valence-corrected chi connectivity index (χ4v) is 3.32. The maximum Gasteiger partial charge on any atom is 0.261 e. The van der Waals surface area contributed by atoms with Gasteiger partial charge >= 0.3 is 0 Å². The number of carbonyl (C=O) groups excluding carboxylic acids is 1. The van der Waals surface area contributed by atoms with Crippen LogP contribution < -0.4 is 5.32 Å². The molecular formula is C14H18N2OS. The summed E-state index contributed by atoms with van der Waals surface area (Å²) in [4.78, 5) is 12.9. The first-order valence-corrected chi connectivity index (χ1v) is 7.30. The monoisotopic (exact) mass is 262 g/mol. The van der Waals surface area contributed by atoms with E-state index in [4.69, 9.17) is 5.26 Å². The summed E-state index contributed by atoms with van der Waals surface area (Å²) in [5.41, 5.74) is 1.05. The normalized spacial score (nSPS) is 23.3. The van der Waals surface area contributed by atoms with E-state index < -0.39 is 0 Å². The Hall–Kier alpha value is -1.34. The highest BCUT2D eigenvalue weighted by atomic mass is 32.1. The molecule has 0 saturated heterocycles. The van der Waals surface area contributed by atoms with Crippen molar-refractivity contribution < 1.29 is 4.79 Å². The Morgan fingerprint density at radius 3 is 2.78 bits per heavy atom. The molecule has 96 valence electrons. The number of nitrogens with one attached hydrogen (secondary N) is 1. The second-order valence-corrected chi connectivity index (χ2v) is 5.90. The van der Waals surface area contributed by atoms with Gasteiger partial charge < -0.3 is 5.32 Å². The molecule has 1 amide bonds. The van der Waals surface area contributed by atoms with Crippen LogP contribution in [0.2, 0.25) is 0 Å². The molecule has 0 bridgehead atoms. The summed E-state index contributed by atoms with van der Waals surface area (Å²) in [6.45, 7) is 1.97. The Morgan fingerprint density at radius 2 is 2.22 bits per heavy atom. The maximum absolute atomic E-state index is 12.0. The van der Waals surface area contributed by atoms with Crippen molar-refractivity contribution in [2.75, 3.05) is 0 Å². The average Bonchev–Trinajstić information content (AvgIpc) is 2.78. The topological polar surface area (TPSA) is 52.9 Å². The molecular weight excluding hydrogens is 244 g/mol. The third kappa shape index (κ3) is 3.11. The predicted octanol–water partition coefficient (Wildman–Crippen LogP) is 3.26. The lowest BCUT2D eigenvalue weighted by Crippen LogP contribution is -2.37. The van der Waals surface area contributed by atoms with Crippen LogP contribution in [0.15, 0.2) is 11.4 Å². The summed E-state index contributed by atoms with van der Waals surface area (Å²) in [5.74, 6) is 0.595. The number of amides is 1. The molecule has 0 radical (unpaired) electrons. The molecule has 18 heavy (non-hydrogen) atoms. The summed E-state index contributed by atoms with van der Waals surface area (Å²) < 4.78 is 0. The lowest BCUT2D eigenvalue weighted by Gasteiger charge is -2.27. The van der Waals surface area contributed by atoms with Crippen LogP contribution in [0.4, 0.5) is 0 Å². The smallest absolute Gasteiger partial charge is 0.261 e. The first-order chi connectivity index (χ1) is 8.70. The number of carbonyl (C=O) groups is 1. The van der Waals surface area contributed by atoms with Crippen LogP contribution in [-0.2, 0) is 0 Å². The van der Waals surface area contributed by atoms with Gasteiger partial charge in [0.2, 0.25) is 0 Å². The van der Waals surface area contributed by atoms with E-state index >= 15 is 0 Å². The fraction of sp³-hybridized carbons (Fsp3) is 0.571. The minimum Gasteiger partial charge on any atom is -0.349 e. The van der Waals surface area contributed by atoms with Gasteiger partial charge in [0.15, 0.2) is 0 Å². The third-order valence-electron chi connectivity index (χ3n) is 3.63. The molecule has 0 aliphatic heterocycles. The Bertz CT molecular complexity index is 453. The molecule has 1 aliphatic rings. The van der Waals surface area contributed by atoms with Gasteiger partial charge in [-0.3, -0.25) is 4.79 Å². The molecule has 2 rings (SSSR count). The Balaban J connectivity index is 1.84. The molecule has 1 heterocycles. The molecule has 3 nitrogen and oxygen atoms in total. The number of hydrogen-bond acceptors (Lipinski definition) is 3. The van der Waals surface area contributed by atoms with Gasteiger partial charge in [-0.25, -0.2) is 0 Å². The van der Waals surface area contributed by atoms with Crippen LogP contribution in [-0.4, -0.2) is 11.9 Å². The molecule has 0 unspecified atom stereocenters. The van der Waals surface area contributed by atoms with Gasteiger partial charge in [-0.15, -0.1) is 11.3 Å². The Labute approximate surface area is 112 Å². The van der Waals surface area contributed by atoms with Crippen LogP contribution in [0.1, 0.15) is 47.3 Å². The van der Waals surface area contributed by atoms with Gasteiger partial charge in [-0.05, 0) is 55.5 Å². The van der Waals surface area contributed by atoms with Crippen LogP contribution in [0.25, 0.3) is 0 Å². The highest BCUT2D eigenvalue weighted by Crippen LogP contribution is 2.27. The third-order valence-corrected chi connectivity index (χ3v) is 4.65. The Kier molecular flexibility index (Phi) is 4.38. The van der Waals surface area contributed by atoms with Crippen molar-refractivity contribution in [2.24, 2.45) is 5.92 Å². The second-order valence-electron chi connectivity index (χ2n) is 4.99. The van der Waals surface area contributed by atoms with E-state index in [0.29, 0.717) is 12.3 Å². The second kappa shape index (κ2) is 6.01. The number of thiophene rings is 1. The quantitative estimate of drug-likeness (QED) is 0.909. The molecule has 1 aliphatic carbocycles. The van der Waals surface area contributed by atoms with E-state index in [1.54, 1.807) is 0 Å². The summed E-state index contributed by atoms with van der Waals surface area (Å²) >= 11 is 1.50. The van der Waals surface area contributed by atoms with Gasteiger partial charge in [-0.1, -0.05) is 0 Å². The van der Waals surface area contributed by atoms with Gasteiger partial charge in [0.1, 0.15) is 0 Å². The van der Waals surface area contributed by atoms with Crippen molar-refractivity contribution >= 4 is 17.2 Å². The van der Waals surface area contributed by atoms with Gasteiger partial charge in [0.25, 0.3) is 5.91 Å². The van der Waals surface area contributed by atoms with Crippen molar-refractivity contribution in [3.63, 3.8) is 0 Å². The molecule has 0 atom stereocenters. The molecule has 1 fully saturated rings. The summed E-state index contributed by atoms with van der Waals surface area (Å²) in [6.07, 6.45) is 4.78. The molecule has 4 heteroatoms. The minimum absolute atomic E-state index is 0.0613. The van der Waals surface area contributed by atoms with Crippen molar-refractivity contribution in [3.05, 3.63) is 21.9 Å². The van der Waals surface area contributed by atoms with Crippen LogP contribution in [0, 0.1) is 24.2 Å². The fourth-order valence-electron chi connectivity index (χ4n) is 2.50. The van der Waals surface area contributed by atoms with E-state index in [0.717, 1.165) is 36.1 Å². The van der Waals surface area contributed by atoms with Crippen molar-refractivity contribution in [2.45, 2.75) is 45.1 Å². The predicted molar refractivity (Wildman–Crippen MR) is 72.5 cm³/mol. The first-order valence-electron chi connectivity index (χ1n) is 6.42. The summed E-state index contributed by atoms with van der Waals surface area (Å²) in [7, 11) is 0. The number of rotatable bonds is 3. The molecule has 0 spiro atoms. The van der Waals surface area contributed by atoms with E-state index in [2.05, 4.69) is 11.4 Å². The number of hydrogen-bond donors (Lipinski definition) is 1. The highest BCUT2D eigenvalue weighted by Gasteiger charge is 2.23. The standard InChI is InChI=1S/C14H18N2OS/c1-10-7-9-18-13(10)14(17)16-12-4-2-11(3-5-12)6-8-15/h7,9,11-12H,2-6H2,1H3,(H,16,17).